The fraction of sp³-hybridized carbons (Fsp3) is 0.455. The molecule has 1 aromatic carbocycles. The third-order valence-electron chi connectivity index (χ3n) is 5.27. The molecule has 1 N–H and O–H groups in total. The summed E-state index contributed by atoms with van der Waals surface area (Å²) in [5.74, 6) is 0.251. The molecule has 0 aliphatic carbocycles. The van der Waals surface area contributed by atoms with Crippen molar-refractivity contribution in [1.82, 2.24) is 14.8 Å². The van der Waals surface area contributed by atoms with Gasteiger partial charge in [0.25, 0.3) is 5.91 Å². The highest BCUT2D eigenvalue weighted by Gasteiger charge is 2.34. The van der Waals surface area contributed by atoms with Crippen molar-refractivity contribution in [1.29, 1.82) is 0 Å². The van der Waals surface area contributed by atoms with E-state index in [2.05, 4.69) is 51.9 Å². The van der Waals surface area contributed by atoms with E-state index in [0.29, 0.717) is 24.5 Å². The van der Waals surface area contributed by atoms with E-state index in [-0.39, 0.29) is 30.6 Å². The minimum absolute atomic E-state index is 0.0739. The minimum atomic E-state index is -0.280. The second-order valence-electron chi connectivity index (χ2n) is 7.81. The first-order chi connectivity index (χ1) is 13.9. The number of halogens is 1. The molecule has 6 nitrogen and oxygen atoms in total. The lowest BCUT2D eigenvalue weighted by molar-refractivity contribution is 0.0325. The van der Waals surface area contributed by atoms with Crippen LogP contribution in [0.15, 0.2) is 47.1 Å². The van der Waals surface area contributed by atoms with Gasteiger partial charge in [-0.15, -0.1) is 0 Å². The summed E-state index contributed by atoms with van der Waals surface area (Å²) in [5, 5.41) is 9.67. The lowest BCUT2D eigenvalue weighted by Gasteiger charge is -2.37. The molecule has 0 saturated carbocycles. The molecule has 0 spiro atoms. The summed E-state index contributed by atoms with van der Waals surface area (Å²) in [4.78, 5) is 21.4. The van der Waals surface area contributed by atoms with Gasteiger partial charge in [-0.1, -0.05) is 37.3 Å². The van der Waals surface area contributed by atoms with E-state index in [0.717, 1.165) is 11.0 Å². The van der Waals surface area contributed by atoms with Crippen molar-refractivity contribution in [3.8, 4) is 5.88 Å². The smallest absolute Gasteiger partial charge is 0.259 e. The molecular weight excluding hydrogens is 434 g/mol. The third-order valence-corrected chi connectivity index (χ3v) is 5.71. The van der Waals surface area contributed by atoms with Crippen molar-refractivity contribution in [3.63, 3.8) is 0 Å². The Morgan fingerprint density at radius 3 is 2.79 bits per heavy atom. The number of aromatic nitrogens is 1. The van der Waals surface area contributed by atoms with Gasteiger partial charge in [0.15, 0.2) is 0 Å². The highest BCUT2D eigenvalue weighted by molar-refractivity contribution is 9.10. The number of fused-ring (bicyclic) bond motifs is 1. The number of aliphatic hydroxyl groups is 1. The second kappa shape index (κ2) is 9.69. The van der Waals surface area contributed by atoms with E-state index in [4.69, 9.17) is 4.74 Å². The van der Waals surface area contributed by atoms with E-state index >= 15 is 0 Å². The van der Waals surface area contributed by atoms with Gasteiger partial charge in [0, 0.05) is 36.2 Å². The van der Waals surface area contributed by atoms with Crippen LogP contribution in [0.5, 0.6) is 5.88 Å². The fourth-order valence-corrected chi connectivity index (χ4v) is 3.89. The largest absolute Gasteiger partial charge is 0.472 e. The number of hydrogen-bond donors (Lipinski definition) is 1. The van der Waals surface area contributed by atoms with Crippen molar-refractivity contribution in [2.45, 2.75) is 32.5 Å². The number of carbonyl (C=O) groups is 1. The van der Waals surface area contributed by atoms with E-state index in [9.17, 15) is 9.90 Å². The average Bonchev–Trinajstić information content (AvgIpc) is 2.71. The zero-order valence-electron chi connectivity index (χ0n) is 17.1. The van der Waals surface area contributed by atoms with Gasteiger partial charge < -0.3 is 14.7 Å². The number of rotatable bonds is 6. The first-order valence-electron chi connectivity index (χ1n) is 9.85. The Bertz CT molecular complexity index is 833. The van der Waals surface area contributed by atoms with Gasteiger partial charge in [-0.3, -0.25) is 9.69 Å². The van der Waals surface area contributed by atoms with Gasteiger partial charge in [0.2, 0.25) is 5.88 Å². The highest BCUT2D eigenvalue weighted by atomic mass is 79.9. The number of likely N-dealkylation sites (N-methyl/N-ethyl adjacent to an activating group) is 1. The Balaban J connectivity index is 1.85. The molecular formula is C22H28BrN3O3. The van der Waals surface area contributed by atoms with E-state index in [1.54, 1.807) is 17.2 Å². The van der Waals surface area contributed by atoms with Crippen molar-refractivity contribution >= 4 is 21.8 Å². The topological polar surface area (TPSA) is 65.9 Å². The molecule has 1 amide bonds. The summed E-state index contributed by atoms with van der Waals surface area (Å²) in [6, 6.07) is 11.8. The van der Waals surface area contributed by atoms with Crippen LogP contribution in [0.2, 0.25) is 0 Å². The fourth-order valence-electron chi connectivity index (χ4n) is 3.56. The van der Waals surface area contributed by atoms with Crippen molar-refractivity contribution in [2.24, 2.45) is 5.92 Å². The normalized spacial score (nSPS) is 20.6. The molecule has 1 aliphatic heterocycles. The summed E-state index contributed by atoms with van der Waals surface area (Å²) in [6.07, 6.45) is 1.50. The lowest BCUT2D eigenvalue weighted by atomic mass is 10.00. The van der Waals surface area contributed by atoms with Crippen LogP contribution in [0.1, 0.15) is 29.8 Å². The van der Waals surface area contributed by atoms with Crippen molar-refractivity contribution in [2.75, 3.05) is 26.7 Å². The molecule has 3 atom stereocenters. The maximum Gasteiger partial charge on any atom is 0.259 e. The number of hydrogen-bond acceptors (Lipinski definition) is 5. The van der Waals surface area contributed by atoms with Crippen molar-refractivity contribution < 1.29 is 14.6 Å². The zero-order chi connectivity index (χ0) is 21.0. The summed E-state index contributed by atoms with van der Waals surface area (Å²) < 4.78 is 6.98. The molecule has 156 valence electrons. The standard InChI is InChI=1S/C22H28BrN3O3/c1-15-11-26(16(2)14-27)22(28)19-9-18(23)10-24-21(19)29-20(15)13-25(3)12-17-7-5-4-6-8-17/h4-10,15-16,20,27H,11-14H2,1-3H3/t15-,16-,20-/m0/s1. The van der Waals surface area contributed by atoms with Gasteiger partial charge in [-0.2, -0.15) is 0 Å². The van der Waals surface area contributed by atoms with Gasteiger partial charge in [0.05, 0.1) is 12.6 Å². The van der Waals surface area contributed by atoms with Crippen LogP contribution in [0.4, 0.5) is 0 Å². The van der Waals surface area contributed by atoms with Gasteiger partial charge in [0.1, 0.15) is 11.7 Å². The molecule has 0 unspecified atom stereocenters. The molecule has 7 heteroatoms. The van der Waals surface area contributed by atoms with Gasteiger partial charge in [-0.25, -0.2) is 4.98 Å². The van der Waals surface area contributed by atoms with Crippen LogP contribution < -0.4 is 4.74 Å². The molecule has 2 heterocycles. The Hall–Kier alpha value is -1.96. The predicted molar refractivity (Wildman–Crippen MR) is 116 cm³/mol. The summed E-state index contributed by atoms with van der Waals surface area (Å²) in [6.45, 7) is 5.86. The second-order valence-corrected chi connectivity index (χ2v) is 8.73. The third kappa shape index (κ3) is 5.35. The number of carbonyl (C=O) groups excluding carboxylic acids is 1. The molecule has 0 saturated heterocycles. The molecule has 1 aromatic heterocycles. The molecule has 0 fully saturated rings. The Morgan fingerprint density at radius 2 is 2.10 bits per heavy atom. The predicted octanol–water partition coefficient (Wildman–Crippen LogP) is 3.20. The molecule has 0 bridgehead atoms. The molecule has 2 aromatic rings. The molecule has 29 heavy (non-hydrogen) atoms. The van der Waals surface area contributed by atoms with E-state index in [1.165, 1.54) is 5.56 Å². The van der Waals surface area contributed by atoms with Crippen LogP contribution in [0.3, 0.4) is 0 Å². The van der Waals surface area contributed by atoms with Crippen molar-refractivity contribution in [3.05, 3.63) is 58.2 Å². The summed E-state index contributed by atoms with van der Waals surface area (Å²) in [7, 11) is 2.07. The Kier molecular flexibility index (Phi) is 7.27. The highest BCUT2D eigenvalue weighted by Crippen LogP contribution is 2.28. The average molecular weight is 462 g/mol. The van der Waals surface area contributed by atoms with Crippen LogP contribution in [-0.2, 0) is 6.54 Å². The maximum atomic E-state index is 13.1. The molecule has 3 rings (SSSR count). The number of aliphatic hydroxyl groups excluding tert-OH is 1. The minimum Gasteiger partial charge on any atom is -0.472 e. The molecule has 0 radical (unpaired) electrons. The zero-order valence-corrected chi connectivity index (χ0v) is 18.7. The maximum absolute atomic E-state index is 13.1. The summed E-state index contributed by atoms with van der Waals surface area (Å²) >= 11 is 3.39. The van der Waals surface area contributed by atoms with E-state index < -0.39 is 0 Å². The number of ether oxygens (including phenoxy) is 1. The number of amides is 1. The van der Waals surface area contributed by atoms with Gasteiger partial charge in [-0.05, 0) is 41.5 Å². The quantitative estimate of drug-likeness (QED) is 0.715. The van der Waals surface area contributed by atoms with Crippen LogP contribution in [-0.4, -0.2) is 64.7 Å². The Labute approximate surface area is 180 Å². The number of benzene rings is 1. The monoisotopic (exact) mass is 461 g/mol. The van der Waals surface area contributed by atoms with Crippen LogP contribution >= 0.6 is 15.9 Å². The first-order valence-corrected chi connectivity index (χ1v) is 10.6. The number of nitrogens with zero attached hydrogens (tertiary/aromatic N) is 3. The first kappa shape index (κ1) is 21.7. The summed E-state index contributed by atoms with van der Waals surface area (Å²) in [5.41, 5.74) is 1.66. The van der Waals surface area contributed by atoms with Crippen LogP contribution in [0, 0.1) is 5.92 Å². The lowest BCUT2D eigenvalue weighted by Crippen LogP contribution is -2.49. The van der Waals surface area contributed by atoms with Gasteiger partial charge >= 0.3 is 0 Å². The Morgan fingerprint density at radius 1 is 1.38 bits per heavy atom. The SMILES string of the molecule is C[C@H]1CN([C@@H](C)CO)C(=O)c2cc(Br)cnc2O[C@H]1CN(C)Cc1ccccc1. The number of pyridine rings is 1. The van der Waals surface area contributed by atoms with Crippen LogP contribution in [0.25, 0.3) is 0 Å². The molecule has 1 aliphatic rings. The van der Waals surface area contributed by atoms with E-state index in [1.807, 2.05) is 25.1 Å².